The Balaban J connectivity index is 2.91. The molecule has 6 heteroatoms. The topological polar surface area (TPSA) is 49.3 Å². The van der Waals surface area contributed by atoms with Crippen molar-refractivity contribution in [3.63, 3.8) is 0 Å². The van der Waals surface area contributed by atoms with Gasteiger partial charge < -0.3 is 10.4 Å². The third-order valence-electron chi connectivity index (χ3n) is 2.74. The Labute approximate surface area is 130 Å². The molecule has 0 aliphatic rings. The molecule has 100 valence electrons. The van der Waals surface area contributed by atoms with E-state index in [4.69, 9.17) is 28.3 Å². The Kier molecular flexibility index (Phi) is 6.17. The average molecular weight is 402 g/mol. The molecule has 0 spiro atoms. The minimum Gasteiger partial charge on any atom is -0.396 e. The van der Waals surface area contributed by atoms with Crippen molar-refractivity contribution in [2.24, 2.45) is 5.92 Å². The molecular weight excluding hydrogens is 388 g/mol. The van der Waals surface area contributed by atoms with E-state index in [1.54, 1.807) is 12.1 Å². The first-order valence-corrected chi connectivity index (χ1v) is 7.26. The molecule has 18 heavy (non-hydrogen) atoms. The number of amides is 1. The van der Waals surface area contributed by atoms with Gasteiger partial charge >= 0.3 is 0 Å². The van der Waals surface area contributed by atoms with Gasteiger partial charge in [0.25, 0.3) is 5.91 Å². The lowest BCUT2D eigenvalue weighted by molar-refractivity contribution is 0.0915. The Morgan fingerprint density at radius 2 is 2.06 bits per heavy atom. The normalized spacial score (nSPS) is 14.1. The maximum Gasteiger partial charge on any atom is 0.252 e. The third-order valence-corrected chi connectivity index (χ3v) is 4.74. The number of nitrogens with one attached hydrogen (secondary N) is 1. The van der Waals surface area contributed by atoms with Gasteiger partial charge in [-0.2, -0.15) is 0 Å². The van der Waals surface area contributed by atoms with Crippen LogP contribution in [0.15, 0.2) is 12.1 Å². The molecule has 3 nitrogen and oxygen atoms in total. The van der Waals surface area contributed by atoms with Crippen molar-refractivity contribution in [1.29, 1.82) is 0 Å². The molecule has 0 bridgehead atoms. The molecule has 1 amide bonds. The largest absolute Gasteiger partial charge is 0.396 e. The van der Waals surface area contributed by atoms with Crippen molar-refractivity contribution >= 4 is 51.7 Å². The van der Waals surface area contributed by atoms with Crippen LogP contribution in [0.3, 0.4) is 0 Å². The van der Waals surface area contributed by atoms with Crippen LogP contribution in [0.2, 0.25) is 10.0 Å². The lowest BCUT2D eigenvalue weighted by Crippen LogP contribution is -2.38. The second-order valence-electron chi connectivity index (χ2n) is 4.17. The number of aliphatic hydroxyl groups is 1. The molecule has 0 aliphatic carbocycles. The van der Waals surface area contributed by atoms with Gasteiger partial charge in [0.15, 0.2) is 0 Å². The van der Waals surface area contributed by atoms with Gasteiger partial charge in [0.2, 0.25) is 0 Å². The van der Waals surface area contributed by atoms with Crippen molar-refractivity contribution in [2.75, 3.05) is 6.61 Å². The zero-order valence-electron chi connectivity index (χ0n) is 10.0. The first kappa shape index (κ1) is 16.0. The fraction of sp³-hybridized carbons (Fsp3) is 0.417. The molecule has 1 aromatic carbocycles. The SMILES string of the molecule is CC(CO)C(C)NC(=O)c1cc(Cl)cc(Cl)c1I. The van der Waals surface area contributed by atoms with Gasteiger partial charge in [0.05, 0.1) is 10.6 Å². The van der Waals surface area contributed by atoms with Gasteiger partial charge in [0, 0.05) is 21.2 Å². The average Bonchev–Trinajstić information content (AvgIpc) is 2.32. The summed E-state index contributed by atoms with van der Waals surface area (Å²) in [7, 11) is 0. The summed E-state index contributed by atoms with van der Waals surface area (Å²) < 4.78 is 0.667. The van der Waals surface area contributed by atoms with Crippen LogP contribution in [0.5, 0.6) is 0 Å². The molecule has 0 aromatic heterocycles. The Morgan fingerprint density at radius 3 is 2.61 bits per heavy atom. The number of hydrogen-bond donors (Lipinski definition) is 2. The molecule has 0 aliphatic heterocycles. The first-order chi connectivity index (χ1) is 8.36. The molecule has 0 fully saturated rings. The monoisotopic (exact) mass is 401 g/mol. The van der Waals surface area contributed by atoms with Gasteiger partial charge in [-0.05, 0) is 47.6 Å². The lowest BCUT2D eigenvalue weighted by Gasteiger charge is -2.19. The maximum atomic E-state index is 12.1. The van der Waals surface area contributed by atoms with Crippen molar-refractivity contribution in [1.82, 2.24) is 5.32 Å². The van der Waals surface area contributed by atoms with Crippen LogP contribution in [0.1, 0.15) is 24.2 Å². The van der Waals surface area contributed by atoms with E-state index in [1.807, 2.05) is 36.4 Å². The highest BCUT2D eigenvalue weighted by Crippen LogP contribution is 2.26. The summed E-state index contributed by atoms with van der Waals surface area (Å²) in [4.78, 5) is 12.1. The number of hydrogen-bond acceptors (Lipinski definition) is 2. The summed E-state index contributed by atoms with van der Waals surface area (Å²) in [5.74, 6) is -0.252. The van der Waals surface area contributed by atoms with Crippen molar-refractivity contribution in [3.05, 3.63) is 31.3 Å². The molecule has 1 rings (SSSR count). The van der Waals surface area contributed by atoms with Crippen LogP contribution >= 0.6 is 45.8 Å². The fourth-order valence-electron chi connectivity index (χ4n) is 1.31. The standard InChI is InChI=1S/C12H14Cl2INO2/c1-6(5-17)7(2)16-12(18)9-3-8(13)4-10(14)11(9)15/h3-4,6-7,17H,5H2,1-2H3,(H,16,18). The van der Waals surface area contributed by atoms with Crippen LogP contribution in [0.25, 0.3) is 0 Å². The second kappa shape index (κ2) is 6.93. The highest BCUT2D eigenvalue weighted by molar-refractivity contribution is 14.1. The highest BCUT2D eigenvalue weighted by atomic mass is 127. The molecule has 2 N–H and O–H groups in total. The smallest absolute Gasteiger partial charge is 0.252 e. The number of rotatable bonds is 4. The second-order valence-corrected chi connectivity index (χ2v) is 6.09. The predicted octanol–water partition coefficient (Wildman–Crippen LogP) is 3.34. The molecular formula is C12H14Cl2INO2. The van der Waals surface area contributed by atoms with Gasteiger partial charge in [-0.3, -0.25) is 4.79 Å². The third kappa shape index (κ3) is 3.98. The quantitative estimate of drug-likeness (QED) is 0.600. The Bertz CT molecular complexity index is 454. The minimum atomic E-state index is -0.239. The van der Waals surface area contributed by atoms with E-state index in [0.717, 1.165) is 0 Å². The van der Waals surface area contributed by atoms with E-state index >= 15 is 0 Å². The summed E-state index contributed by atoms with van der Waals surface area (Å²) in [5, 5.41) is 12.7. The van der Waals surface area contributed by atoms with E-state index in [1.165, 1.54) is 0 Å². The van der Waals surface area contributed by atoms with Crippen molar-refractivity contribution in [3.8, 4) is 0 Å². The number of halogens is 3. The molecule has 1 aromatic rings. The van der Waals surface area contributed by atoms with Crippen molar-refractivity contribution < 1.29 is 9.90 Å². The summed E-state index contributed by atoms with van der Waals surface area (Å²) >= 11 is 13.9. The zero-order chi connectivity index (χ0) is 13.9. The summed E-state index contributed by atoms with van der Waals surface area (Å²) in [5.41, 5.74) is 0.449. The molecule has 0 saturated heterocycles. The van der Waals surface area contributed by atoms with E-state index in [9.17, 15) is 4.79 Å². The molecule has 2 unspecified atom stereocenters. The van der Waals surface area contributed by atoms with Crippen LogP contribution in [0.4, 0.5) is 0 Å². The van der Waals surface area contributed by atoms with Gasteiger partial charge in [-0.25, -0.2) is 0 Å². The molecule has 0 saturated carbocycles. The highest BCUT2D eigenvalue weighted by Gasteiger charge is 2.18. The molecule has 0 heterocycles. The minimum absolute atomic E-state index is 0.0127. The molecule has 0 radical (unpaired) electrons. The predicted molar refractivity (Wildman–Crippen MR) is 82.4 cm³/mol. The van der Waals surface area contributed by atoms with Crippen LogP contribution < -0.4 is 5.32 Å². The zero-order valence-corrected chi connectivity index (χ0v) is 13.7. The van der Waals surface area contributed by atoms with Gasteiger partial charge in [-0.15, -0.1) is 0 Å². The summed E-state index contributed by atoms with van der Waals surface area (Å²) in [6, 6.07) is 3.05. The number of aliphatic hydroxyl groups excluding tert-OH is 1. The number of carbonyl (C=O) groups is 1. The summed E-state index contributed by atoms with van der Waals surface area (Å²) in [6.45, 7) is 3.73. The molecule has 2 atom stereocenters. The Morgan fingerprint density at radius 1 is 1.44 bits per heavy atom. The van der Waals surface area contributed by atoms with E-state index < -0.39 is 0 Å². The van der Waals surface area contributed by atoms with Crippen LogP contribution in [-0.4, -0.2) is 23.7 Å². The first-order valence-electron chi connectivity index (χ1n) is 5.43. The lowest BCUT2D eigenvalue weighted by atomic mass is 10.0. The van der Waals surface area contributed by atoms with Crippen LogP contribution in [-0.2, 0) is 0 Å². The van der Waals surface area contributed by atoms with E-state index in [2.05, 4.69) is 5.32 Å². The number of carbonyl (C=O) groups excluding carboxylic acids is 1. The van der Waals surface area contributed by atoms with Gasteiger partial charge in [0.1, 0.15) is 0 Å². The number of benzene rings is 1. The van der Waals surface area contributed by atoms with Crippen LogP contribution in [0, 0.1) is 9.49 Å². The van der Waals surface area contributed by atoms with E-state index in [-0.39, 0.29) is 24.5 Å². The van der Waals surface area contributed by atoms with E-state index in [0.29, 0.717) is 19.2 Å². The Hall–Kier alpha value is -0.0400. The fourth-order valence-corrected chi connectivity index (χ4v) is 2.36. The van der Waals surface area contributed by atoms with Crippen molar-refractivity contribution in [2.45, 2.75) is 19.9 Å². The summed E-state index contributed by atoms with van der Waals surface area (Å²) in [6.07, 6.45) is 0. The maximum absolute atomic E-state index is 12.1. The van der Waals surface area contributed by atoms with Gasteiger partial charge in [-0.1, -0.05) is 30.1 Å².